The van der Waals surface area contributed by atoms with E-state index >= 15 is 0 Å². The second-order valence-electron chi connectivity index (χ2n) is 7.53. The predicted molar refractivity (Wildman–Crippen MR) is 112 cm³/mol. The van der Waals surface area contributed by atoms with Crippen molar-refractivity contribution in [2.24, 2.45) is 0 Å². The Kier molecular flexibility index (Phi) is 5.40. The quantitative estimate of drug-likeness (QED) is 0.457. The number of nitrogens with zero attached hydrogens (tertiary/aromatic N) is 2. The lowest BCUT2D eigenvalue weighted by atomic mass is 9.97. The molecule has 0 saturated heterocycles. The summed E-state index contributed by atoms with van der Waals surface area (Å²) in [4.78, 5) is 36.5. The molecule has 9 nitrogen and oxygen atoms in total. The van der Waals surface area contributed by atoms with Crippen molar-refractivity contribution in [2.75, 3.05) is 11.9 Å². The number of carboxylic acids is 1. The van der Waals surface area contributed by atoms with Crippen molar-refractivity contribution in [3.8, 4) is 11.8 Å². The highest BCUT2D eigenvalue weighted by Crippen LogP contribution is 2.39. The third-order valence-electron chi connectivity index (χ3n) is 5.46. The maximum Gasteiger partial charge on any atom is 0.416 e. The molecule has 0 bridgehead atoms. The van der Waals surface area contributed by atoms with E-state index in [-0.39, 0.29) is 23.0 Å². The summed E-state index contributed by atoms with van der Waals surface area (Å²) in [7, 11) is 0. The van der Waals surface area contributed by atoms with Crippen LogP contribution in [0.3, 0.4) is 0 Å². The van der Waals surface area contributed by atoms with Gasteiger partial charge in [-0.3, -0.25) is 14.4 Å². The Bertz CT molecular complexity index is 1440. The Balaban J connectivity index is 1.87. The molecular formula is C22H15F3N4O5. The summed E-state index contributed by atoms with van der Waals surface area (Å²) in [6.45, 7) is -0.946. The van der Waals surface area contributed by atoms with Crippen molar-refractivity contribution in [3.05, 3.63) is 69.0 Å². The number of nitriles is 1. The van der Waals surface area contributed by atoms with E-state index in [0.29, 0.717) is 11.3 Å². The molecule has 0 saturated carbocycles. The average molecular weight is 472 g/mol. The Morgan fingerprint density at radius 1 is 1.21 bits per heavy atom. The fourth-order valence-electron chi connectivity index (χ4n) is 3.92. The van der Waals surface area contributed by atoms with Gasteiger partial charge in [0.1, 0.15) is 17.9 Å². The Hall–Kier alpha value is -4.53. The lowest BCUT2D eigenvalue weighted by Gasteiger charge is -2.30. The van der Waals surface area contributed by atoms with Gasteiger partial charge in [-0.2, -0.15) is 18.4 Å². The molecule has 1 atom stereocenters. The maximum atomic E-state index is 13.2. The third kappa shape index (κ3) is 3.77. The van der Waals surface area contributed by atoms with E-state index in [1.54, 1.807) is 0 Å². The minimum absolute atomic E-state index is 0.0351. The molecule has 174 valence electrons. The lowest BCUT2D eigenvalue weighted by molar-refractivity contribution is -0.138. The fraction of sp³-hybridized carbons (Fsp3) is 0.182. The van der Waals surface area contributed by atoms with E-state index in [1.807, 2.05) is 11.4 Å². The molecule has 1 unspecified atom stereocenters. The molecule has 2 aromatic carbocycles. The van der Waals surface area contributed by atoms with Gasteiger partial charge in [-0.15, -0.1) is 0 Å². The van der Waals surface area contributed by atoms with E-state index in [0.717, 1.165) is 16.7 Å². The first-order valence-corrected chi connectivity index (χ1v) is 9.79. The SMILES string of the molecule is N#Cc1ccc2c3c1c(O)c(C(=O)NCC(=O)O)c(=O)n3CC(c1ccc(C(F)(F)F)cc1)N2. The van der Waals surface area contributed by atoms with Crippen LogP contribution in [0.15, 0.2) is 41.2 Å². The summed E-state index contributed by atoms with van der Waals surface area (Å²) >= 11 is 0. The van der Waals surface area contributed by atoms with Crippen molar-refractivity contribution in [2.45, 2.75) is 18.8 Å². The number of hydrogen-bond acceptors (Lipinski definition) is 6. The molecule has 2 heterocycles. The number of aliphatic carboxylic acids is 1. The van der Waals surface area contributed by atoms with Crippen LogP contribution >= 0.6 is 0 Å². The summed E-state index contributed by atoms with van der Waals surface area (Å²) < 4.78 is 39.9. The van der Waals surface area contributed by atoms with Crippen LogP contribution in [0.4, 0.5) is 18.9 Å². The smallest absolute Gasteiger partial charge is 0.416 e. The van der Waals surface area contributed by atoms with Gasteiger partial charge in [0.15, 0.2) is 0 Å². The summed E-state index contributed by atoms with van der Waals surface area (Å²) in [5, 5.41) is 34.0. The predicted octanol–water partition coefficient (Wildman–Crippen LogP) is 2.58. The molecule has 34 heavy (non-hydrogen) atoms. The van der Waals surface area contributed by atoms with Crippen LogP contribution in [0.25, 0.3) is 10.9 Å². The molecule has 1 aromatic heterocycles. The van der Waals surface area contributed by atoms with Crippen molar-refractivity contribution >= 4 is 28.5 Å². The first-order chi connectivity index (χ1) is 16.0. The molecule has 4 N–H and O–H groups in total. The number of anilines is 1. The molecule has 1 amide bonds. The number of pyridine rings is 1. The molecule has 3 aromatic rings. The molecule has 12 heteroatoms. The van der Waals surface area contributed by atoms with Crippen LogP contribution in [0, 0.1) is 11.3 Å². The molecular weight excluding hydrogens is 457 g/mol. The number of rotatable bonds is 4. The van der Waals surface area contributed by atoms with Gasteiger partial charge in [-0.05, 0) is 29.8 Å². The topological polar surface area (TPSA) is 144 Å². The molecule has 4 rings (SSSR count). The third-order valence-corrected chi connectivity index (χ3v) is 5.46. The minimum Gasteiger partial charge on any atom is -0.506 e. The van der Waals surface area contributed by atoms with E-state index in [1.165, 1.54) is 24.3 Å². The van der Waals surface area contributed by atoms with Crippen LogP contribution in [0.1, 0.15) is 33.1 Å². The number of benzene rings is 2. The molecule has 1 aliphatic rings. The highest BCUT2D eigenvalue weighted by Gasteiger charge is 2.32. The van der Waals surface area contributed by atoms with E-state index in [2.05, 4.69) is 5.32 Å². The Labute approximate surface area is 188 Å². The summed E-state index contributed by atoms with van der Waals surface area (Å²) in [5.41, 5.74) is -1.68. The zero-order valence-corrected chi connectivity index (χ0v) is 17.1. The number of hydrogen-bond donors (Lipinski definition) is 4. The number of halogens is 3. The molecule has 1 aliphatic heterocycles. The molecule has 0 radical (unpaired) electrons. The Morgan fingerprint density at radius 2 is 1.88 bits per heavy atom. The summed E-state index contributed by atoms with van der Waals surface area (Å²) in [6, 6.07) is 8.38. The lowest BCUT2D eigenvalue weighted by Crippen LogP contribution is -2.38. The van der Waals surface area contributed by atoms with Crippen molar-refractivity contribution < 1.29 is 33.0 Å². The Morgan fingerprint density at radius 3 is 2.47 bits per heavy atom. The summed E-state index contributed by atoms with van der Waals surface area (Å²) in [6.07, 6.45) is -4.52. The fourth-order valence-corrected chi connectivity index (χ4v) is 3.92. The van der Waals surface area contributed by atoms with Gasteiger partial charge in [-0.1, -0.05) is 12.1 Å². The second kappa shape index (κ2) is 8.11. The van der Waals surface area contributed by atoms with Crippen LogP contribution in [0.2, 0.25) is 0 Å². The number of carbonyl (C=O) groups excluding carboxylic acids is 1. The average Bonchev–Trinajstić information content (AvgIpc) is 2.80. The number of nitrogens with one attached hydrogen (secondary N) is 2. The van der Waals surface area contributed by atoms with Crippen LogP contribution in [0.5, 0.6) is 5.75 Å². The van der Waals surface area contributed by atoms with Crippen LogP contribution in [-0.4, -0.2) is 33.2 Å². The van der Waals surface area contributed by atoms with Gasteiger partial charge in [0.2, 0.25) is 0 Å². The first kappa shape index (κ1) is 22.7. The summed E-state index contributed by atoms with van der Waals surface area (Å²) in [5.74, 6) is -3.29. The highest BCUT2D eigenvalue weighted by atomic mass is 19.4. The second-order valence-corrected chi connectivity index (χ2v) is 7.53. The number of carboxylic acid groups (broad SMARTS) is 1. The number of aromatic hydroxyl groups is 1. The van der Waals surface area contributed by atoms with Crippen LogP contribution < -0.4 is 16.2 Å². The normalized spacial score (nSPS) is 14.8. The minimum atomic E-state index is -4.52. The van der Waals surface area contributed by atoms with E-state index in [9.17, 15) is 37.9 Å². The van der Waals surface area contributed by atoms with Gasteiger partial charge < -0.3 is 25.4 Å². The van der Waals surface area contributed by atoms with Crippen molar-refractivity contribution in [1.29, 1.82) is 5.26 Å². The largest absolute Gasteiger partial charge is 0.506 e. The molecule has 0 aliphatic carbocycles. The molecule has 0 fully saturated rings. The number of aromatic nitrogens is 1. The zero-order chi connectivity index (χ0) is 24.8. The number of amides is 1. The van der Waals surface area contributed by atoms with Gasteiger partial charge >= 0.3 is 12.1 Å². The maximum absolute atomic E-state index is 13.2. The van der Waals surface area contributed by atoms with Crippen molar-refractivity contribution in [3.63, 3.8) is 0 Å². The van der Waals surface area contributed by atoms with Gasteiger partial charge in [0.05, 0.1) is 46.4 Å². The van der Waals surface area contributed by atoms with Gasteiger partial charge in [0.25, 0.3) is 11.5 Å². The zero-order valence-electron chi connectivity index (χ0n) is 17.1. The van der Waals surface area contributed by atoms with E-state index in [4.69, 9.17) is 5.11 Å². The highest BCUT2D eigenvalue weighted by molar-refractivity contribution is 6.07. The van der Waals surface area contributed by atoms with E-state index < -0.39 is 53.1 Å². The van der Waals surface area contributed by atoms with Gasteiger partial charge in [-0.25, -0.2) is 0 Å². The number of alkyl halides is 3. The first-order valence-electron chi connectivity index (χ1n) is 9.79. The van der Waals surface area contributed by atoms with Crippen molar-refractivity contribution in [1.82, 2.24) is 9.88 Å². The monoisotopic (exact) mass is 472 g/mol. The van der Waals surface area contributed by atoms with Gasteiger partial charge in [0, 0.05) is 0 Å². The standard InChI is InChI=1S/C22H15F3N4O5/c23-22(24,25)12-4-1-10(2-5-12)14-9-29-18-13(28-14)6-3-11(7-26)16(18)19(32)17(21(29)34)20(33)27-8-15(30)31/h1-6,14,28,32H,8-9H2,(H,27,33)(H,30,31). The molecule has 0 spiro atoms. The number of carbonyl (C=O) groups is 2. The van der Waals surface area contributed by atoms with Crippen LogP contribution in [-0.2, 0) is 17.5 Å².